The van der Waals surface area contributed by atoms with E-state index in [1.54, 1.807) is 11.9 Å². The molecule has 0 atom stereocenters. The highest BCUT2D eigenvalue weighted by Gasteiger charge is 2.28. The molecule has 0 radical (unpaired) electrons. The molecule has 0 aromatic carbocycles. The number of thioether (sulfide) groups is 1. The van der Waals surface area contributed by atoms with Gasteiger partial charge >= 0.3 is 0 Å². The van der Waals surface area contributed by atoms with Crippen molar-refractivity contribution < 1.29 is 4.79 Å². The lowest BCUT2D eigenvalue weighted by atomic mass is 10.2. The second-order valence-corrected chi connectivity index (χ2v) is 6.84. The molecule has 4 nitrogen and oxygen atoms in total. The summed E-state index contributed by atoms with van der Waals surface area (Å²) in [6.45, 7) is 7.37. The van der Waals surface area contributed by atoms with Crippen LogP contribution in [-0.2, 0) is 4.79 Å². The molecular weight excluding hydrogens is 234 g/mol. The third-order valence-corrected chi connectivity index (χ3v) is 4.15. The van der Waals surface area contributed by atoms with Crippen molar-refractivity contribution in [3.05, 3.63) is 0 Å². The SMILES string of the molecule is CN(CCC#N)C(=O)CN1CCSC(C)(C)C1. The third kappa shape index (κ3) is 4.97. The number of likely N-dealkylation sites (N-methyl/N-ethyl adjacent to an activating group) is 1. The van der Waals surface area contributed by atoms with Gasteiger partial charge in [0, 0.05) is 37.2 Å². The summed E-state index contributed by atoms with van der Waals surface area (Å²) in [6, 6.07) is 2.06. The van der Waals surface area contributed by atoms with Gasteiger partial charge in [-0.05, 0) is 13.8 Å². The molecule has 5 heteroatoms. The second-order valence-electron chi connectivity index (χ2n) is 5.04. The molecule has 1 aliphatic rings. The zero-order valence-electron chi connectivity index (χ0n) is 10.9. The molecule has 1 heterocycles. The Kier molecular flexibility index (Phi) is 5.29. The third-order valence-electron chi connectivity index (χ3n) is 2.85. The van der Waals surface area contributed by atoms with Crippen LogP contribution in [0.25, 0.3) is 0 Å². The molecule has 0 N–H and O–H groups in total. The van der Waals surface area contributed by atoms with E-state index >= 15 is 0 Å². The normalized spacial score (nSPS) is 19.6. The number of hydrogen-bond donors (Lipinski definition) is 0. The van der Waals surface area contributed by atoms with Crippen molar-refractivity contribution in [2.24, 2.45) is 0 Å². The van der Waals surface area contributed by atoms with Crippen molar-refractivity contribution in [1.82, 2.24) is 9.80 Å². The average molecular weight is 255 g/mol. The molecular formula is C12H21N3OS. The number of hydrogen-bond acceptors (Lipinski definition) is 4. The Bertz CT molecular complexity index is 311. The predicted molar refractivity (Wildman–Crippen MR) is 70.8 cm³/mol. The van der Waals surface area contributed by atoms with Crippen LogP contribution in [0.3, 0.4) is 0 Å². The van der Waals surface area contributed by atoms with Crippen LogP contribution in [0, 0.1) is 11.3 Å². The zero-order valence-corrected chi connectivity index (χ0v) is 11.7. The fourth-order valence-electron chi connectivity index (χ4n) is 1.90. The number of nitriles is 1. The molecule has 17 heavy (non-hydrogen) atoms. The van der Waals surface area contributed by atoms with Crippen LogP contribution in [0.2, 0.25) is 0 Å². The Hall–Kier alpha value is -0.730. The van der Waals surface area contributed by atoms with Crippen molar-refractivity contribution in [3.8, 4) is 6.07 Å². The summed E-state index contributed by atoms with van der Waals surface area (Å²) in [5.74, 6) is 1.20. The largest absolute Gasteiger partial charge is 0.344 e. The maximum atomic E-state index is 11.9. The fourth-order valence-corrected chi connectivity index (χ4v) is 3.08. The highest BCUT2D eigenvalue weighted by molar-refractivity contribution is 8.00. The summed E-state index contributed by atoms with van der Waals surface area (Å²) in [4.78, 5) is 15.8. The van der Waals surface area contributed by atoms with E-state index in [2.05, 4.69) is 24.8 Å². The van der Waals surface area contributed by atoms with Crippen molar-refractivity contribution in [1.29, 1.82) is 5.26 Å². The van der Waals surface area contributed by atoms with Gasteiger partial charge in [0.15, 0.2) is 0 Å². The molecule has 0 aromatic heterocycles. The van der Waals surface area contributed by atoms with Gasteiger partial charge in [-0.1, -0.05) is 0 Å². The Morgan fingerprint density at radius 3 is 2.88 bits per heavy atom. The quantitative estimate of drug-likeness (QED) is 0.757. The Morgan fingerprint density at radius 2 is 2.29 bits per heavy atom. The van der Waals surface area contributed by atoms with Gasteiger partial charge in [0.25, 0.3) is 0 Å². The summed E-state index contributed by atoms with van der Waals surface area (Å²) < 4.78 is 0.240. The van der Waals surface area contributed by atoms with Crippen molar-refractivity contribution in [2.45, 2.75) is 25.0 Å². The molecule has 0 spiro atoms. The molecule has 1 aliphatic heterocycles. The van der Waals surface area contributed by atoms with Gasteiger partial charge in [0.2, 0.25) is 5.91 Å². The smallest absolute Gasteiger partial charge is 0.236 e. The van der Waals surface area contributed by atoms with Crippen molar-refractivity contribution >= 4 is 17.7 Å². The minimum atomic E-state index is 0.114. The van der Waals surface area contributed by atoms with E-state index in [0.717, 1.165) is 18.8 Å². The minimum absolute atomic E-state index is 0.114. The van der Waals surface area contributed by atoms with Crippen LogP contribution in [0.5, 0.6) is 0 Å². The highest BCUT2D eigenvalue weighted by Crippen LogP contribution is 2.29. The molecule has 96 valence electrons. The van der Waals surface area contributed by atoms with E-state index in [0.29, 0.717) is 19.5 Å². The lowest BCUT2D eigenvalue weighted by Crippen LogP contribution is -2.47. The van der Waals surface area contributed by atoms with Gasteiger partial charge in [-0.3, -0.25) is 9.69 Å². The van der Waals surface area contributed by atoms with E-state index in [9.17, 15) is 4.79 Å². The highest BCUT2D eigenvalue weighted by atomic mass is 32.2. The van der Waals surface area contributed by atoms with E-state index in [-0.39, 0.29) is 10.7 Å². The Balaban J connectivity index is 2.38. The second kappa shape index (κ2) is 6.27. The number of rotatable bonds is 4. The van der Waals surface area contributed by atoms with Crippen LogP contribution in [0.1, 0.15) is 20.3 Å². The van der Waals surface area contributed by atoms with Crippen molar-refractivity contribution in [3.63, 3.8) is 0 Å². The van der Waals surface area contributed by atoms with Crippen LogP contribution in [0.4, 0.5) is 0 Å². The molecule has 0 unspecified atom stereocenters. The predicted octanol–water partition coefficient (Wildman–Crippen LogP) is 1.19. The first kappa shape index (κ1) is 14.3. The average Bonchev–Trinajstić information content (AvgIpc) is 2.24. The van der Waals surface area contributed by atoms with Gasteiger partial charge < -0.3 is 4.90 Å². The molecule has 1 fully saturated rings. The molecule has 0 saturated carbocycles. The molecule has 1 saturated heterocycles. The maximum Gasteiger partial charge on any atom is 0.236 e. The lowest BCUT2D eigenvalue weighted by molar-refractivity contribution is -0.131. The lowest BCUT2D eigenvalue weighted by Gasteiger charge is -2.37. The minimum Gasteiger partial charge on any atom is -0.344 e. The first-order valence-electron chi connectivity index (χ1n) is 5.92. The summed E-state index contributed by atoms with van der Waals surface area (Å²) >= 11 is 1.96. The van der Waals surface area contributed by atoms with Gasteiger partial charge in [0.05, 0.1) is 19.0 Å². The van der Waals surface area contributed by atoms with Gasteiger partial charge in [-0.2, -0.15) is 17.0 Å². The number of carbonyl (C=O) groups excluding carboxylic acids is 1. The number of amides is 1. The van der Waals surface area contributed by atoms with E-state index in [4.69, 9.17) is 5.26 Å². The van der Waals surface area contributed by atoms with Crippen molar-refractivity contribution in [2.75, 3.05) is 39.0 Å². The van der Waals surface area contributed by atoms with E-state index in [1.807, 2.05) is 11.8 Å². The van der Waals surface area contributed by atoms with Crippen LogP contribution >= 0.6 is 11.8 Å². The maximum absolute atomic E-state index is 11.9. The summed E-state index contributed by atoms with van der Waals surface area (Å²) in [5.41, 5.74) is 0. The zero-order chi connectivity index (χ0) is 12.9. The van der Waals surface area contributed by atoms with Crippen LogP contribution in [0.15, 0.2) is 0 Å². The molecule has 0 aromatic rings. The number of nitrogens with zero attached hydrogens (tertiary/aromatic N) is 3. The first-order valence-corrected chi connectivity index (χ1v) is 6.90. The number of carbonyl (C=O) groups is 1. The molecule has 0 bridgehead atoms. The van der Waals surface area contributed by atoms with Crippen LogP contribution < -0.4 is 0 Å². The van der Waals surface area contributed by atoms with E-state index < -0.39 is 0 Å². The molecule has 0 aliphatic carbocycles. The standard InChI is InChI=1S/C12H21N3OS/c1-12(2)10-15(7-8-17-12)9-11(16)14(3)6-4-5-13/h4,6-10H2,1-3H3. The van der Waals surface area contributed by atoms with Gasteiger partial charge in [-0.15, -0.1) is 0 Å². The summed E-state index contributed by atoms with van der Waals surface area (Å²) in [5, 5.41) is 8.49. The fraction of sp³-hybridized carbons (Fsp3) is 0.833. The molecule has 1 rings (SSSR count). The van der Waals surface area contributed by atoms with E-state index in [1.165, 1.54) is 0 Å². The first-order chi connectivity index (χ1) is 7.94. The van der Waals surface area contributed by atoms with Gasteiger partial charge in [0.1, 0.15) is 0 Å². The van der Waals surface area contributed by atoms with Crippen LogP contribution in [-0.4, -0.2) is 59.4 Å². The van der Waals surface area contributed by atoms with Gasteiger partial charge in [-0.25, -0.2) is 0 Å². The Morgan fingerprint density at radius 1 is 1.59 bits per heavy atom. The molecule has 1 amide bonds. The summed E-state index contributed by atoms with van der Waals surface area (Å²) in [7, 11) is 1.77. The summed E-state index contributed by atoms with van der Waals surface area (Å²) in [6.07, 6.45) is 0.406. The topological polar surface area (TPSA) is 47.3 Å². The monoisotopic (exact) mass is 255 g/mol. The Labute approximate surface area is 108 Å².